The predicted molar refractivity (Wildman–Crippen MR) is 108 cm³/mol. The molecule has 2 aromatic rings. The minimum absolute atomic E-state index is 0.0520. The molecule has 0 bridgehead atoms. The third kappa shape index (κ3) is 4.21. The Morgan fingerprint density at radius 1 is 0.897 bits per heavy atom. The van der Waals surface area contributed by atoms with E-state index >= 15 is 0 Å². The van der Waals surface area contributed by atoms with Crippen molar-refractivity contribution < 1.29 is 14.5 Å². The monoisotopic (exact) mass is 394 g/mol. The SMILES string of the molecule is O=C(c1ccccc1)N1CCN(C(=O)c2ccc(NC3CC3)c([N+](=O)[O-])c2)CC1. The first-order chi connectivity index (χ1) is 14.0. The number of rotatable bonds is 5. The van der Waals surface area contributed by atoms with Crippen LogP contribution in [0.2, 0.25) is 0 Å². The molecule has 1 heterocycles. The van der Waals surface area contributed by atoms with E-state index in [1.54, 1.807) is 34.1 Å². The fraction of sp³-hybridized carbons (Fsp3) is 0.333. The largest absolute Gasteiger partial charge is 0.377 e. The van der Waals surface area contributed by atoms with Gasteiger partial charge in [-0.3, -0.25) is 19.7 Å². The Balaban J connectivity index is 1.42. The summed E-state index contributed by atoms with van der Waals surface area (Å²) in [7, 11) is 0. The maximum atomic E-state index is 12.8. The van der Waals surface area contributed by atoms with E-state index in [2.05, 4.69) is 5.32 Å². The number of nitro groups is 1. The van der Waals surface area contributed by atoms with Gasteiger partial charge < -0.3 is 15.1 Å². The van der Waals surface area contributed by atoms with Crippen molar-refractivity contribution in [2.75, 3.05) is 31.5 Å². The van der Waals surface area contributed by atoms with Crippen LogP contribution in [0.5, 0.6) is 0 Å². The van der Waals surface area contributed by atoms with Crippen LogP contribution in [0.4, 0.5) is 11.4 Å². The number of nitro benzene ring substituents is 1. The zero-order valence-electron chi connectivity index (χ0n) is 15.9. The Morgan fingerprint density at radius 2 is 1.48 bits per heavy atom. The molecular weight excluding hydrogens is 372 g/mol. The average Bonchev–Trinajstić information content (AvgIpc) is 3.57. The molecule has 0 atom stereocenters. The lowest BCUT2D eigenvalue weighted by atomic mass is 10.1. The number of carbonyl (C=O) groups excluding carboxylic acids is 2. The summed E-state index contributed by atoms with van der Waals surface area (Å²) in [5.41, 5.74) is 1.29. The molecule has 1 aliphatic carbocycles. The highest BCUT2D eigenvalue weighted by Gasteiger charge is 2.28. The molecule has 1 saturated heterocycles. The Kier molecular flexibility index (Phi) is 5.16. The van der Waals surface area contributed by atoms with Gasteiger partial charge in [0.05, 0.1) is 4.92 Å². The molecule has 2 fully saturated rings. The van der Waals surface area contributed by atoms with E-state index in [1.807, 2.05) is 18.2 Å². The topological polar surface area (TPSA) is 95.8 Å². The van der Waals surface area contributed by atoms with Crippen molar-refractivity contribution in [2.45, 2.75) is 18.9 Å². The Hall–Kier alpha value is -3.42. The molecule has 1 saturated carbocycles. The summed E-state index contributed by atoms with van der Waals surface area (Å²) in [4.78, 5) is 39.7. The van der Waals surface area contributed by atoms with Crippen LogP contribution >= 0.6 is 0 Å². The molecule has 0 aromatic heterocycles. The normalized spacial score (nSPS) is 16.4. The number of nitrogens with zero attached hydrogens (tertiary/aromatic N) is 3. The quantitative estimate of drug-likeness (QED) is 0.621. The van der Waals surface area contributed by atoms with Crippen molar-refractivity contribution in [1.82, 2.24) is 9.80 Å². The highest BCUT2D eigenvalue weighted by molar-refractivity contribution is 5.97. The van der Waals surface area contributed by atoms with Crippen LogP contribution in [0.25, 0.3) is 0 Å². The van der Waals surface area contributed by atoms with E-state index in [0.29, 0.717) is 43.0 Å². The number of benzene rings is 2. The van der Waals surface area contributed by atoms with E-state index in [9.17, 15) is 19.7 Å². The van der Waals surface area contributed by atoms with Crippen molar-refractivity contribution in [3.05, 3.63) is 69.8 Å². The maximum absolute atomic E-state index is 12.8. The van der Waals surface area contributed by atoms with Crippen LogP contribution in [0.15, 0.2) is 48.5 Å². The molecule has 1 N–H and O–H groups in total. The summed E-state index contributed by atoms with van der Waals surface area (Å²) in [6.45, 7) is 1.66. The van der Waals surface area contributed by atoms with E-state index in [4.69, 9.17) is 0 Å². The minimum atomic E-state index is -0.460. The second-order valence-electron chi connectivity index (χ2n) is 7.36. The molecule has 2 amide bonds. The first-order valence-corrected chi connectivity index (χ1v) is 9.71. The number of anilines is 1. The van der Waals surface area contributed by atoms with Gasteiger partial charge in [-0.25, -0.2) is 0 Å². The maximum Gasteiger partial charge on any atom is 0.293 e. The van der Waals surface area contributed by atoms with Gasteiger partial charge in [-0.05, 0) is 37.1 Å². The molecule has 8 heteroatoms. The smallest absolute Gasteiger partial charge is 0.293 e. The summed E-state index contributed by atoms with van der Waals surface area (Å²) in [6.07, 6.45) is 2.01. The molecule has 0 radical (unpaired) electrons. The van der Waals surface area contributed by atoms with E-state index in [-0.39, 0.29) is 23.5 Å². The van der Waals surface area contributed by atoms with Crippen molar-refractivity contribution in [2.24, 2.45) is 0 Å². The number of amides is 2. The molecule has 150 valence electrons. The van der Waals surface area contributed by atoms with Gasteiger partial charge in [0.2, 0.25) is 0 Å². The Labute approximate surface area is 168 Å². The van der Waals surface area contributed by atoms with Gasteiger partial charge in [-0.2, -0.15) is 0 Å². The molecule has 0 unspecified atom stereocenters. The Morgan fingerprint density at radius 3 is 2.03 bits per heavy atom. The molecule has 29 heavy (non-hydrogen) atoms. The number of nitrogens with one attached hydrogen (secondary N) is 1. The van der Waals surface area contributed by atoms with Crippen molar-refractivity contribution in [3.63, 3.8) is 0 Å². The fourth-order valence-electron chi connectivity index (χ4n) is 3.44. The van der Waals surface area contributed by atoms with Gasteiger partial charge in [-0.1, -0.05) is 18.2 Å². The number of hydrogen-bond donors (Lipinski definition) is 1. The molecular formula is C21H22N4O4. The third-order valence-corrected chi connectivity index (χ3v) is 5.25. The molecule has 0 spiro atoms. The zero-order chi connectivity index (χ0) is 20.4. The lowest BCUT2D eigenvalue weighted by Gasteiger charge is -2.34. The summed E-state index contributed by atoms with van der Waals surface area (Å²) < 4.78 is 0. The third-order valence-electron chi connectivity index (χ3n) is 5.25. The summed E-state index contributed by atoms with van der Waals surface area (Å²) in [5.74, 6) is -0.304. The first kappa shape index (κ1) is 18.9. The number of piperazine rings is 1. The van der Waals surface area contributed by atoms with Crippen LogP contribution in [0.3, 0.4) is 0 Å². The first-order valence-electron chi connectivity index (χ1n) is 9.71. The summed E-state index contributed by atoms with van der Waals surface area (Å²) in [6, 6.07) is 13.9. The van der Waals surface area contributed by atoms with Crippen molar-refractivity contribution in [3.8, 4) is 0 Å². The van der Waals surface area contributed by atoms with Gasteiger partial charge >= 0.3 is 0 Å². The summed E-state index contributed by atoms with van der Waals surface area (Å²) >= 11 is 0. The highest BCUT2D eigenvalue weighted by atomic mass is 16.6. The standard InChI is InChI=1S/C21H22N4O4/c26-20(15-4-2-1-3-5-15)23-10-12-24(13-11-23)21(27)16-6-9-18(22-17-7-8-17)19(14-16)25(28)29/h1-6,9,14,17,22H,7-8,10-13H2. The van der Waals surface area contributed by atoms with Crippen LogP contribution in [-0.4, -0.2) is 58.8 Å². The van der Waals surface area contributed by atoms with Gasteiger partial charge in [0.15, 0.2) is 0 Å². The van der Waals surface area contributed by atoms with Crippen LogP contribution in [0, 0.1) is 10.1 Å². The van der Waals surface area contributed by atoms with Crippen LogP contribution in [-0.2, 0) is 0 Å². The number of hydrogen-bond acceptors (Lipinski definition) is 5. The zero-order valence-corrected chi connectivity index (χ0v) is 15.9. The fourth-order valence-corrected chi connectivity index (χ4v) is 3.44. The Bertz CT molecular complexity index is 935. The van der Waals surface area contributed by atoms with Gasteiger partial charge in [0.1, 0.15) is 5.69 Å². The molecule has 2 aromatic carbocycles. The second-order valence-corrected chi connectivity index (χ2v) is 7.36. The molecule has 4 rings (SSSR count). The summed E-state index contributed by atoms with van der Waals surface area (Å²) in [5, 5.41) is 14.6. The number of carbonyl (C=O) groups is 2. The van der Waals surface area contributed by atoms with Gasteiger partial charge in [-0.15, -0.1) is 0 Å². The lowest BCUT2D eigenvalue weighted by Crippen LogP contribution is -2.50. The molecule has 1 aliphatic heterocycles. The van der Waals surface area contributed by atoms with Crippen molar-refractivity contribution >= 4 is 23.2 Å². The van der Waals surface area contributed by atoms with E-state index in [0.717, 1.165) is 12.8 Å². The van der Waals surface area contributed by atoms with Crippen LogP contribution < -0.4 is 5.32 Å². The van der Waals surface area contributed by atoms with Gasteiger partial charge in [0.25, 0.3) is 17.5 Å². The molecule has 2 aliphatic rings. The predicted octanol–water partition coefficient (Wildman–Crippen LogP) is 2.77. The van der Waals surface area contributed by atoms with E-state index < -0.39 is 4.92 Å². The van der Waals surface area contributed by atoms with Gasteiger partial charge in [0, 0.05) is 49.4 Å². The highest BCUT2D eigenvalue weighted by Crippen LogP contribution is 2.31. The lowest BCUT2D eigenvalue weighted by molar-refractivity contribution is -0.384. The van der Waals surface area contributed by atoms with E-state index in [1.165, 1.54) is 6.07 Å². The average molecular weight is 394 g/mol. The van der Waals surface area contributed by atoms with Crippen LogP contribution in [0.1, 0.15) is 33.6 Å². The van der Waals surface area contributed by atoms with Crippen molar-refractivity contribution in [1.29, 1.82) is 0 Å². The molecule has 8 nitrogen and oxygen atoms in total. The second kappa shape index (κ2) is 7.90. The minimum Gasteiger partial charge on any atom is -0.377 e.